The van der Waals surface area contributed by atoms with Gasteiger partial charge < -0.3 is 15.7 Å². The number of amides is 2. The van der Waals surface area contributed by atoms with E-state index in [1.54, 1.807) is 19.9 Å². The Morgan fingerprint density at radius 2 is 1.90 bits per heavy atom. The summed E-state index contributed by atoms with van der Waals surface area (Å²) in [6.07, 6.45) is 3.26. The summed E-state index contributed by atoms with van der Waals surface area (Å²) in [5, 5.41) is 13.9. The summed E-state index contributed by atoms with van der Waals surface area (Å²) in [4.78, 5) is 22.6. The van der Waals surface area contributed by atoms with Crippen LogP contribution >= 0.6 is 0 Å². The van der Waals surface area contributed by atoms with Gasteiger partial charge in [-0.3, -0.25) is 0 Å². The fourth-order valence-corrected chi connectivity index (χ4v) is 1.68. The molecule has 2 amide bonds. The average Bonchev–Trinajstić information content (AvgIpc) is 2.37. The smallest absolute Gasteiger partial charge is 0.326 e. The first-order valence-electron chi connectivity index (χ1n) is 6.44. The molecule has 20 heavy (non-hydrogen) atoms. The molecular weight excluding hydrogens is 256 g/mol. The standard InChI is InChI=1S/C15H20N2O3/c1-10(2)13(14(18)19)17-15(20)16-9-8-12-7-5-4-6-11(12)3/h4-10,13H,1-3H3,(H,18,19)(H2,16,17,20)/b9-8+. The molecule has 1 rings (SSSR count). The van der Waals surface area contributed by atoms with Crippen LogP contribution in [0, 0.1) is 12.8 Å². The number of carboxylic acid groups (broad SMARTS) is 1. The molecule has 3 N–H and O–H groups in total. The molecule has 0 fully saturated rings. The number of carboxylic acids is 1. The van der Waals surface area contributed by atoms with Crippen LogP contribution in [0.5, 0.6) is 0 Å². The number of aliphatic carboxylic acids is 1. The van der Waals surface area contributed by atoms with Crippen LogP contribution in [0.2, 0.25) is 0 Å². The van der Waals surface area contributed by atoms with Crippen LogP contribution in [0.1, 0.15) is 25.0 Å². The van der Waals surface area contributed by atoms with Gasteiger partial charge in [0.15, 0.2) is 0 Å². The van der Waals surface area contributed by atoms with Gasteiger partial charge >= 0.3 is 12.0 Å². The summed E-state index contributed by atoms with van der Waals surface area (Å²) in [7, 11) is 0. The minimum atomic E-state index is -1.04. The molecule has 0 bridgehead atoms. The normalized spacial score (nSPS) is 12.4. The van der Waals surface area contributed by atoms with Crippen LogP contribution in [0.4, 0.5) is 4.79 Å². The first kappa shape index (κ1) is 15.8. The molecular formula is C15H20N2O3. The number of aryl methyl sites for hydroxylation is 1. The Morgan fingerprint density at radius 1 is 1.25 bits per heavy atom. The van der Waals surface area contributed by atoms with Crippen molar-refractivity contribution >= 4 is 18.1 Å². The molecule has 1 aromatic carbocycles. The monoisotopic (exact) mass is 276 g/mol. The Kier molecular flexibility index (Phi) is 5.77. The van der Waals surface area contributed by atoms with Gasteiger partial charge in [-0.1, -0.05) is 38.1 Å². The lowest BCUT2D eigenvalue weighted by Crippen LogP contribution is -2.47. The second kappa shape index (κ2) is 7.33. The van der Waals surface area contributed by atoms with Gasteiger partial charge in [0, 0.05) is 6.20 Å². The van der Waals surface area contributed by atoms with E-state index in [-0.39, 0.29) is 5.92 Å². The quantitative estimate of drug-likeness (QED) is 0.772. The van der Waals surface area contributed by atoms with Crippen molar-refractivity contribution in [2.45, 2.75) is 26.8 Å². The summed E-state index contributed by atoms with van der Waals surface area (Å²) < 4.78 is 0. The second-order valence-electron chi connectivity index (χ2n) is 4.87. The number of hydrogen-bond acceptors (Lipinski definition) is 2. The molecule has 1 unspecified atom stereocenters. The highest BCUT2D eigenvalue weighted by Crippen LogP contribution is 2.08. The Labute approximate surface area is 118 Å². The maximum absolute atomic E-state index is 11.6. The maximum atomic E-state index is 11.6. The molecule has 5 nitrogen and oxygen atoms in total. The highest BCUT2D eigenvalue weighted by molar-refractivity contribution is 5.83. The number of carbonyl (C=O) groups excluding carboxylic acids is 1. The van der Waals surface area contributed by atoms with Gasteiger partial charge in [0.05, 0.1) is 0 Å². The van der Waals surface area contributed by atoms with Crippen molar-refractivity contribution in [1.29, 1.82) is 0 Å². The van der Waals surface area contributed by atoms with E-state index in [0.29, 0.717) is 0 Å². The highest BCUT2D eigenvalue weighted by atomic mass is 16.4. The van der Waals surface area contributed by atoms with E-state index in [4.69, 9.17) is 5.11 Å². The third-order valence-electron chi connectivity index (χ3n) is 2.89. The Hall–Kier alpha value is -2.30. The summed E-state index contributed by atoms with van der Waals surface area (Å²) in [6, 6.07) is 6.31. The van der Waals surface area contributed by atoms with Crippen molar-refractivity contribution in [3.63, 3.8) is 0 Å². The molecule has 108 valence electrons. The van der Waals surface area contributed by atoms with Gasteiger partial charge in [-0.15, -0.1) is 0 Å². The Bertz CT molecular complexity index is 510. The first-order valence-corrected chi connectivity index (χ1v) is 6.44. The molecule has 0 aliphatic carbocycles. The van der Waals surface area contributed by atoms with Crippen molar-refractivity contribution in [2.75, 3.05) is 0 Å². The van der Waals surface area contributed by atoms with E-state index in [1.807, 2.05) is 31.2 Å². The molecule has 1 atom stereocenters. The van der Waals surface area contributed by atoms with Gasteiger partial charge in [0.25, 0.3) is 0 Å². The van der Waals surface area contributed by atoms with Crippen LogP contribution in [0.15, 0.2) is 30.5 Å². The summed E-state index contributed by atoms with van der Waals surface area (Å²) in [6.45, 7) is 5.45. The molecule has 0 saturated heterocycles. The summed E-state index contributed by atoms with van der Waals surface area (Å²) >= 11 is 0. The summed E-state index contributed by atoms with van der Waals surface area (Å²) in [5.41, 5.74) is 2.09. The molecule has 0 radical (unpaired) electrons. The number of hydrogen-bond donors (Lipinski definition) is 3. The Morgan fingerprint density at radius 3 is 2.45 bits per heavy atom. The largest absolute Gasteiger partial charge is 0.480 e. The molecule has 0 aromatic heterocycles. The van der Waals surface area contributed by atoms with Crippen LogP contribution in [-0.4, -0.2) is 23.1 Å². The fourth-order valence-electron chi connectivity index (χ4n) is 1.68. The van der Waals surface area contributed by atoms with E-state index < -0.39 is 18.0 Å². The van der Waals surface area contributed by atoms with Crippen molar-refractivity contribution in [3.05, 3.63) is 41.6 Å². The van der Waals surface area contributed by atoms with Gasteiger partial charge in [0.2, 0.25) is 0 Å². The van der Waals surface area contributed by atoms with E-state index in [0.717, 1.165) is 11.1 Å². The van der Waals surface area contributed by atoms with Crippen LogP contribution in [0.25, 0.3) is 6.08 Å². The van der Waals surface area contributed by atoms with Crippen molar-refractivity contribution in [1.82, 2.24) is 10.6 Å². The number of nitrogens with one attached hydrogen (secondary N) is 2. The molecule has 1 aromatic rings. The molecule has 0 aliphatic rings. The minimum Gasteiger partial charge on any atom is -0.480 e. The molecule has 0 heterocycles. The third-order valence-corrected chi connectivity index (χ3v) is 2.89. The van der Waals surface area contributed by atoms with Crippen LogP contribution in [0.3, 0.4) is 0 Å². The van der Waals surface area contributed by atoms with Crippen LogP contribution in [-0.2, 0) is 4.79 Å². The predicted molar refractivity (Wildman–Crippen MR) is 78.1 cm³/mol. The first-order chi connectivity index (χ1) is 9.41. The van der Waals surface area contributed by atoms with E-state index in [1.165, 1.54) is 6.20 Å². The SMILES string of the molecule is Cc1ccccc1/C=C/NC(=O)NC(C(=O)O)C(C)C. The molecule has 0 spiro atoms. The second-order valence-corrected chi connectivity index (χ2v) is 4.87. The minimum absolute atomic E-state index is 0.182. The third kappa shape index (κ3) is 4.76. The number of urea groups is 1. The van der Waals surface area contributed by atoms with Crippen molar-refractivity contribution in [2.24, 2.45) is 5.92 Å². The maximum Gasteiger partial charge on any atom is 0.326 e. The fraction of sp³-hybridized carbons (Fsp3) is 0.333. The predicted octanol–water partition coefficient (Wildman–Crippen LogP) is 2.37. The van der Waals surface area contributed by atoms with Crippen LogP contribution < -0.4 is 10.6 Å². The van der Waals surface area contributed by atoms with Gasteiger partial charge in [0.1, 0.15) is 6.04 Å². The topological polar surface area (TPSA) is 78.4 Å². The molecule has 0 aliphatic heterocycles. The van der Waals surface area contributed by atoms with E-state index in [2.05, 4.69) is 10.6 Å². The zero-order valence-corrected chi connectivity index (χ0v) is 11.9. The number of rotatable bonds is 5. The van der Waals surface area contributed by atoms with Crippen molar-refractivity contribution in [3.8, 4) is 0 Å². The van der Waals surface area contributed by atoms with E-state index in [9.17, 15) is 9.59 Å². The highest BCUT2D eigenvalue weighted by Gasteiger charge is 2.22. The Balaban J connectivity index is 2.55. The van der Waals surface area contributed by atoms with Gasteiger partial charge in [-0.2, -0.15) is 0 Å². The average molecular weight is 276 g/mol. The van der Waals surface area contributed by atoms with Gasteiger partial charge in [-0.25, -0.2) is 9.59 Å². The number of carbonyl (C=O) groups is 2. The lowest BCUT2D eigenvalue weighted by atomic mass is 10.1. The number of benzene rings is 1. The van der Waals surface area contributed by atoms with Crippen molar-refractivity contribution < 1.29 is 14.7 Å². The zero-order valence-electron chi connectivity index (χ0n) is 11.9. The lowest BCUT2D eigenvalue weighted by molar-refractivity contribution is -0.140. The van der Waals surface area contributed by atoms with Gasteiger partial charge in [-0.05, 0) is 30.0 Å². The van der Waals surface area contributed by atoms with E-state index >= 15 is 0 Å². The summed E-state index contributed by atoms with van der Waals surface area (Å²) in [5.74, 6) is -1.23. The molecule has 5 heteroatoms. The zero-order chi connectivity index (χ0) is 15.1. The lowest BCUT2D eigenvalue weighted by Gasteiger charge is -2.17. The molecule has 0 saturated carbocycles.